The number of rotatable bonds is 6. The molecule has 4 rings (SSSR count). The Morgan fingerprint density at radius 2 is 1.93 bits per heavy atom. The molecule has 0 unspecified atom stereocenters. The number of Topliss-reactive ketones (excluding diaryl/α,β-unsaturated/α-hetero) is 1. The number of ether oxygens (including phenoxy) is 2. The minimum atomic E-state index is -0.782. The monoisotopic (exact) mass is 412 g/mol. The molecule has 1 aromatic heterocycles. The molecular formula is C22H24N2O6. The number of aliphatic hydroxyl groups excluding tert-OH is 1. The fourth-order valence-electron chi connectivity index (χ4n) is 3.76. The fourth-order valence-corrected chi connectivity index (χ4v) is 3.76. The van der Waals surface area contributed by atoms with Crippen LogP contribution in [0.5, 0.6) is 11.5 Å². The van der Waals surface area contributed by atoms with Crippen molar-refractivity contribution in [1.82, 2.24) is 9.80 Å². The van der Waals surface area contributed by atoms with Crippen LogP contribution in [0.25, 0.3) is 5.76 Å². The molecule has 1 N–H and O–H groups in total. The average molecular weight is 412 g/mol. The van der Waals surface area contributed by atoms with Gasteiger partial charge in [0.25, 0.3) is 11.7 Å². The van der Waals surface area contributed by atoms with Crippen molar-refractivity contribution in [2.24, 2.45) is 0 Å². The highest BCUT2D eigenvalue weighted by molar-refractivity contribution is 6.46. The Morgan fingerprint density at radius 3 is 2.63 bits per heavy atom. The number of hydrogen-bond acceptors (Lipinski definition) is 7. The van der Waals surface area contributed by atoms with Crippen LogP contribution >= 0.6 is 0 Å². The maximum absolute atomic E-state index is 12.9. The van der Waals surface area contributed by atoms with Crippen LogP contribution in [0, 0.1) is 0 Å². The van der Waals surface area contributed by atoms with Crippen LogP contribution in [-0.4, -0.2) is 67.0 Å². The van der Waals surface area contributed by atoms with Crippen molar-refractivity contribution in [2.75, 3.05) is 40.4 Å². The van der Waals surface area contributed by atoms with Crippen molar-refractivity contribution in [3.05, 3.63) is 53.5 Å². The summed E-state index contributed by atoms with van der Waals surface area (Å²) >= 11 is 0. The van der Waals surface area contributed by atoms with Crippen molar-refractivity contribution in [1.29, 1.82) is 0 Å². The van der Waals surface area contributed by atoms with E-state index in [1.54, 1.807) is 30.3 Å². The Bertz CT molecular complexity index is 980. The number of ketones is 1. The van der Waals surface area contributed by atoms with Gasteiger partial charge in [-0.15, -0.1) is 0 Å². The Hall–Kier alpha value is -3.26. The van der Waals surface area contributed by atoms with E-state index in [0.717, 1.165) is 6.54 Å². The molecular weight excluding hydrogens is 388 g/mol. The van der Waals surface area contributed by atoms with Gasteiger partial charge < -0.3 is 28.8 Å². The molecule has 0 spiro atoms. The molecule has 1 atom stereocenters. The second kappa shape index (κ2) is 8.23. The first kappa shape index (κ1) is 20.0. The predicted molar refractivity (Wildman–Crippen MR) is 108 cm³/mol. The van der Waals surface area contributed by atoms with Crippen LogP contribution < -0.4 is 9.47 Å². The van der Waals surface area contributed by atoms with Gasteiger partial charge >= 0.3 is 0 Å². The number of hydrogen-bond donors (Lipinski definition) is 1. The third-order valence-electron chi connectivity index (χ3n) is 5.17. The van der Waals surface area contributed by atoms with Gasteiger partial charge in [-0.1, -0.05) is 0 Å². The molecule has 2 aliphatic rings. The third kappa shape index (κ3) is 3.66. The quantitative estimate of drug-likeness (QED) is 0.443. The van der Waals surface area contributed by atoms with Crippen molar-refractivity contribution in [2.45, 2.75) is 12.5 Å². The molecule has 8 heteroatoms. The van der Waals surface area contributed by atoms with Gasteiger partial charge in [0.15, 0.2) is 11.5 Å². The van der Waals surface area contributed by atoms with E-state index >= 15 is 0 Å². The van der Waals surface area contributed by atoms with E-state index in [0.29, 0.717) is 49.0 Å². The number of nitrogens with zero attached hydrogens (tertiary/aromatic N) is 2. The Morgan fingerprint density at radius 1 is 1.17 bits per heavy atom. The second-order valence-electron chi connectivity index (χ2n) is 7.52. The predicted octanol–water partition coefficient (Wildman–Crippen LogP) is 2.42. The maximum Gasteiger partial charge on any atom is 0.295 e. The summed E-state index contributed by atoms with van der Waals surface area (Å²) in [5.74, 6) is -0.146. The van der Waals surface area contributed by atoms with Crippen LogP contribution in [0.15, 0.2) is 46.6 Å². The van der Waals surface area contributed by atoms with Crippen LogP contribution in [-0.2, 0) is 9.59 Å². The average Bonchev–Trinajstić information content (AvgIpc) is 3.35. The summed E-state index contributed by atoms with van der Waals surface area (Å²) in [6.07, 6.45) is 2.17. The van der Waals surface area contributed by atoms with Gasteiger partial charge in [0.1, 0.15) is 30.8 Å². The zero-order chi connectivity index (χ0) is 21.3. The number of furan rings is 1. The van der Waals surface area contributed by atoms with Gasteiger partial charge in [-0.3, -0.25) is 9.59 Å². The van der Waals surface area contributed by atoms with E-state index in [9.17, 15) is 14.7 Å². The standard InChI is InChI=1S/C22H24N2O6/c1-23(2)8-4-9-24-19(16-5-3-10-28-16)18(21(26)22(24)27)20(25)14-6-7-15-17(13-14)30-12-11-29-15/h3,5-7,10,13,19,25H,4,8-9,11-12H2,1-2H3/t19-/m1/s1. The van der Waals surface area contributed by atoms with Crippen LogP contribution in [0.3, 0.4) is 0 Å². The zero-order valence-electron chi connectivity index (χ0n) is 17.0. The number of carbonyl (C=O) groups is 2. The Kier molecular flexibility index (Phi) is 5.50. The molecule has 1 fully saturated rings. The van der Waals surface area contributed by atoms with Crippen LogP contribution in [0.4, 0.5) is 0 Å². The topological polar surface area (TPSA) is 92.5 Å². The van der Waals surface area contributed by atoms with E-state index in [1.807, 2.05) is 19.0 Å². The number of amides is 1. The summed E-state index contributed by atoms with van der Waals surface area (Å²) in [6, 6.07) is 7.55. The minimum absolute atomic E-state index is 0.0106. The van der Waals surface area contributed by atoms with Crippen molar-refractivity contribution in [3.8, 4) is 11.5 Å². The molecule has 0 saturated carbocycles. The van der Waals surface area contributed by atoms with Crippen molar-refractivity contribution < 1.29 is 28.6 Å². The normalized spacial score (nSPS) is 20.2. The third-order valence-corrected chi connectivity index (χ3v) is 5.17. The number of likely N-dealkylation sites (tertiary alicyclic amines) is 1. The van der Waals surface area contributed by atoms with E-state index in [4.69, 9.17) is 13.9 Å². The SMILES string of the molecule is CN(C)CCCN1C(=O)C(=O)C(=C(O)c2ccc3c(c2)OCCO3)[C@H]1c1ccco1. The summed E-state index contributed by atoms with van der Waals surface area (Å²) in [4.78, 5) is 29.2. The lowest BCUT2D eigenvalue weighted by molar-refractivity contribution is -0.140. The lowest BCUT2D eigenvalue weighted by Crippen LogP contribution is -2.32. The minimum Gasteiger partial charge on any atom is -0.507 e. The number of fused-ring (bicyclic) bond motifs is 1. The van der Waals surface area contributed by atoms with E-state index in [2.05, 4.69) is 0 Å². The van der Waals surface area contributed by atoms with Gasteiger partial charge in [0.2, 0.25) is 0 Å². The summed E-state index contributed by atoms with van der Waals surface area (Å²) < 4.78 is 16.6. The number of aliphatic hydroxyl groups is 1. The summed E-state index contributed by atoms with van der Waals surface area (Å²) in [5, 5.41) is 11.0. The molecule has 1 aromatic carbocycles. The molecule has 0 bridgehead atoms. The van der Waals surface area contributed by atoms with Gasteiger partial charge in [-0.05, 0) is 57.4 Å². The molecule has 2 aliphatic heterocycles. The van der Waals surface area contributed by atoms with Gasteiger partial charge in [-0.25, -0.2) is 0 Å². The highest BCUT2D eigenvalue weighted by atomic mass is 16.6. The first-order valence-electron chi connectivity index (χ1n) is 9.84. The van der Waals surface area contributed by atoms with E-state index < -0.39 is 17.7 Å². The van der Waals surface area contributed by atoms with Crippen LogP contribution in [0.2, 0.25) is 0 Å². The summed E-state index contributed by atoms with van der Waals surface area (Å²) in [7, 11) is 3.89. The summed E-state index contributed by atoms with van der Waals surface area (Å²) in [5.41, 5.74) is 0.388. The zero-order valence-corrected chi connectivity index (χ0v) is 17.0. The van der Waals surface area contributed by atoms with Gasteiger partial charge in [0.05, 0.1) is 11.8 Å². The highest BCUT2D eigenvalue weighted by Gasteiger charge is 2.47. The van der Waals surface area contributed by atoms with Gasteiger partial charge in [-0.2, -0.15) is 0 Å². The smallest absolute Gasteiger partial charge is 0.295 e. The molecule has 1 saturated heterocycles. The van der Waals surface area contributed by atoms with Gasteiger partial charge in [0, 0.05) is 12.1 Å². The Balaban J connectivity index is 1.74. The van der Waals surface area contributed by atoms with Crippen LogP contribution in [0.1, 0.15) is 23.8 Å². The van der Waals surface area contributed by atoms with E-state index in [1.165, 1.54) is 11.2 Å². The first-order valence-corrected chi connectivity index (χ1v) is 9.84. The van der Waals surface area contributed by atoms with Crippen molar-refractivity contribution >= 4 is 17.4 Å². The maximum atomic E-state index is 12.9. The Labute approximate surface area is 174 Å². The summed E-state index contributed by atoms with van der Waals surface area (Å²) in [6.45, 7) is 1.98. The fraction of sp³-hybridized carbons (Fsp3) is 0.364. The number of carbonyl (C=O) groups excluding carboxylic acids is 2. The molecule has 30 heavy (non-hydrogen) atoms. The molecule has 3 heterocycles. The molecule has 2 aromatic rings. The molecule has 1 amide bonds. The molecule has 0 radical (unpaired) electrons. The lowest BCUT2D eigenvalue weighted by atomic mass is 9.99. The highest BCUT2D eigenvalue weighted by Crippen LogP contribution is 2.41. The molecule has 8 nitrogen and oxygen atoms in total. The first-order chi connectivity index (χ1) is 14.5. The largest absolute Gasteiger partial charge is 0.507 e. The van der Waals surface area contributed by atoms with E-state index in [-0.39, 0.29) is 11.3 Å². The second-order valence-corrected chi connectivity index (χ2v) is 7.52. The lowest BCUT2D eigenvalue weighted by Gasteiger charge is -2.24. The van der Waals surface area contributed by atoms with Crippen molar-refractivity contribution in [3.63, 3.8) is 0 Å². The number of benzene rings is 1. The molecule has 158 valence electrons. The molecule has 0 aliphatic carbocycles.